The number of nitrogens with one attached hydrogen (secondary N) is 1. The van der Waals surface area contributed by atoms with Gasteiger partial charge in [0.25, 0.3) is 0 Å². The van der Waals surface area contributed by atoms with Crippen molar-refractivity contribution >= 4 is 28.4 Å². The minimum Gasteiger partial charge on any atom is -0.360 e. The summed E-state index contributed by atoms with van der Waals surface area (Å²) in [7, 11) is 0. The molecule has 1 aliphatic rings. The number of carbonyl (C=O) groups is 1. The molecule has 1 saturated carbocycles. The van der Waals surface area contributed by atoms with Crippen molar-refractivity contribution < 1.29 is 4.79 Å². The molecule has 0 saturated heterocycles. The number of benzene rings is 2. The Balaban J connectivity index is 1.37. The number of nitrogens with zero attached hydrogens (tertiary/aromatic N) is 3. The third-order valence-corrected chi connectivity index (χ3v) is 5.62. The van der Waals surface area contributed by atoms with Gasteiger partial charge in [0, 0.05) is 28.6 Å². The second-order valence-electron chi connectivity index (χ2n) is 6.73. The molecule has 2 aromatic carbocycles. The zero-order valence-corrected chi connectivity index (χ0v) is 15.4. The first-order chi connectivity index (χ1) is 13.3. The Morgan fingerprint density at radius 2 is 1.89 bits per heavy atom. The van der Waals surface area contributed by atoms with Crippen LogP contribution in [0.25, 0.3) is 16.6 Å². The van der Waals surface area contributed by atoms with Crippen molar-refractivity contribution in [3.63, 3.8) is 0 Å². The standard InChI is InChI=1S/C21H18N4OS/c26-19(17-12-22-18-9-5-4-8-16(17)18)13-27-21-23-20(14-10-11-14)25(24-21)15-6-2-1-3-7-15/h1-9,12,14,22H,10-11,13H2. The van der Waals surface area contributed by atoms with E-state index in [0.29, 0.717) is 16.8 Å². The third kappa shape index (κ3) is 3.17. The molecule has 0 atom stereocenters. The maximum Gasteiger partial charge on any atom is 0.209 e. The number of fused-ring (bicyclic) bond motifs is 1. The van der Waals surface area contributed by atoms with Crippen molar-refractivity contribution in [3.8, 4) is 5.69 Å². The molecule has 27 heavy (non-hydrogen) atoms. The molecule has 1 fully saturated rings. The summed E-state index contributed by atoms with van der Waals surface area (Å²) in [6.07, 6.45) is 4.10. The van der Waals surface area contributed by atoms with Gasteiger partial charge in [0.05, 0.1) is 11.4 Å². The summed E-state index contributed by atoms with van der Waals surface area (Å²) in [5, 5.41) is 6.29. The van der Waals surface area contributed by atoms with Gasteiger partial charge >= 0.3 is 0 Å². The molecule has 2 heterocycles. The average Bonchev–Trinajstić information content (AvgIpc) is 3.32. The fourth-order valence-corrected chi connectivity index (χ4v) is 3.95. The fraction of sp³-hybridized carbons (Fsp3) is 0.190. The highest BCUT2D eigenvalue weighted by molar-refractivity contribution is 7.99. The Morgan fingerprint density at radius 3 is 2.70 bits per heavy atom. The highest BCUT2D eigenvalue weighted by Gasteiger charge is 2.30. The van der Waals surface area contributed by atoms with Gasteiger partial charge in [0.15, 0.2) is 5.78 Å². The number of para-hydroxylation sites is 2. The number of hydrogen-bond acceptors (Lipinski definition) is 4. The van der Waals surface area contributed by atoms with E-state index in [9.17, 15) is 4.79 Å². The Kier molecular flexibility index (Phi) is 4.05. The Bertz CT molecular complexity index is 1110. The number of Topliss-reactive ketones (excluding diaryl/α,β-unsaturated/α-hetero) is 1. The molecule has 1 N–H and O–H groups in total. The van der Waals surface area contributed by atoms with Crippen molar-refractivity contribution in [3.05, 3.63) is 72.2 Å². The molecule has 0 amide bonds. The highest BCUT2D eigenvalue weighted by atomic mass is 32.2. The van der Waals surface area contributed by atoms with Crippen LogP contribution in [0.4, 0.5) is 0 Å². The van der Waals surface area contributed by atoms with Crippen molar-refractivity contribution in [2.75, 3.05) is 5.75 Å². The van der Waals surface area contributed by atoms with Crippen LogP contribution in [0.5, 0.6) is 0 Å². The first kappa shape index (κ1) is 16.3. The number of rotatable bonds is 6. The number of aromatic nitrogens is 4. The average molecular weight is 374 g/mol. The Morgan fingerprint density at radius 1 is 1.11 bits per heavy atom. The summed E-state index contributed by atoms with van der Waals surface area (Å²) in [6, 6.07) is 17.9. The third-order valence-electron chi connectivity index (χ3n) is 4.78. The maximum atomic E-state index is 12.7. The predicted molar refractivity (Wildman–Crippen MR) is 107 cm³/mol. The largest absolute Gasteiger partial charge is 0.360 e. The molecule has 0 bridgehead atoms. The number of hydrogen-bond donors (Lipinski definition) is 1. The summed E-state index contributed by atoms with van der Waals surface area (Å²) >= 11 is 1.40. The summed E-state index contributed by atoms with van der Waals surface area (Å²) in [5.74, 6) is 1.89. The van der Waals surface area contributed by atoms with Crippen LogP contribution in [0.1, 0.15) is 34.9 Å². The molecule has 5 rings (SSSR count). The van der Waals surface area contributed by atoms with Crippen molar-refractivity contribution in [2.45, 2.75) is 23.9 Å². The smallest absolute Gasteiger partial charge is 0.209 e. The first-order valence-corrected chi connectivity index (χ1v) is 10.0. The summed E-state index contributed by atoms with van der Waals surface area (Å²) in [5.41, 5.74) is 2.72. The summed E-state index contributed by atoms with van der Waals surface area (Å²) in [6.45, 7) is 0. The zero-order chi connectivity index (χ0) is 18.2. The van der Waals surface area contributed by atoms with E-state index in [1.165, 1.54) is 11.8 Å². The van der Waals surface area contributed by atoms with Crippen molar-refractivity contribution in [1.29, 1.82) is 0 Å². The maximum absolute atomic E-state index is 12.7. The van der Waals surface area contributed by atoms with Gasteiger partial charge < -0.3 is 4.98 Å². The first-order valence-electron chi connectivity index (χ1n) is 9.04. The Labute approximate surface area is 160 Å². The molecule has 134 valence electrons. The lowest BCUT2D eigenvalue weighted by molar-refractivity contribution is 0.102. The van der Waals surface area contributed by atoms with E-state index in [4.69, 9.17) is 4.98 Å². The van der Waals surface area contributed by atoms with Crippen molar-refractivity contribution in [2.24, 2.45) is 0 Å². The number of thioether (sulfide) groups is 1. The highest BCUT2D eigenvalue weighted by Crippen LogP contribution is 2.40. The van der Waals surface area contributed by atoms with Gasteiger partial charge in [-0.05, 0) is 31.0 Å². The molecule has 6 heteroatoms. The van der Waals surface area contributed by atoms with E-state index in [0.717, 1.165) is 40.8 Å². The summed E-state index contributed by atoms with van der Waals surface area (Å²) in [4.78, 5) is 20.6. The van der Waals surface area contributed by atoms with Crippen LogP contribution in [0, 0.1) is 0 Å². The molecular weight excluding hydrogens is 356 g/mol. The van der Waals surface area contributed by atoms with Crippen LogP contribution in [-0.2, 0) is 0 Å². The lowest BCUT2D eigenvalue weighted by Gasteiger charge is -2.03. The topological polar surface area (TPSA) is 63.6 Å². The zero-order valence-electron chi connectivity index (χ0n) is 14.6. The van der Waals surface area contributed by atoms with Crippen LogP contribution in [0.2, 0.25) is 0 Å². The molecule has 1 aliphatic carbocycles. The molecule has 0 radical (unpaired) electrons. The molecular formula is C21H18N4OS. The SMILES string of the molecule is O=C(CSc1nc(C2CC2)n(-c2ccccc2)n1)c1c[nH]c2ccccc12. The van der Waals surface area contributed by atoms with Crippen LogP contribution >= 0.6 is 11.8 Å². The number of ketones is 1. The quantitative estimate of drug-likeness (QED) is 0.396. The minimum absolute atomic E-state index is 0.0847. The molecule has 0 unspecified atom stereocenters. The second kappa shape index (κ2) is 6.70. The van der Waals surface area contributed by atoms with Gasteiger partial charge in [-0.2, -0.15) is 0 Å². The van der Waals surface area contributed by atoms with Crippen LogP contribution < -0.4 is 0 Å². The lowest BCUT2D eigenvalue weighted by atomic mass is 10.1. The fourth-order valence-electron chi connectivity index (χ4n) is 3.24. The van der Waals surface area contributed by atoms with Gasteiger partial charge in [-0.15, -0.1) is 5.10 Å². The molecule has 2 aromatic heterocycles. The lowest BCUT2D eigenvalue weighted by Crippen LogP contribution is -2.02. The van der Waals surface area contributed by atoms with Gasteiger partial charge in [-0.1, -0.05) is 48.2 Å². The number of H-pyrrole nitrogens is 1. The van der Waals surface area contributed by atoms with E-state index in [-0.39, 0.29) is 5.78 Å². The van der Waals surface area contributed by atoms with Gasteiger partial charge in [-0.3, -0.25) is 4.79 Å². The van der Waals surface area contributed by atoms with Crippen LogP contribution in [-0.4, -0.2) is 31.3 Å². The molecule has 4 aromatic rings. The molecule has 0 spiro atoms. The number of aromatic amines is 1. The predicted octanol–water partition coefficient (Wildman–Crippen LogP) is 4.60. The van der Waals surface area contributed by atoms with Gasteiger partial charge in [-0.25, -0.2) is 9.67 Å². The van der Waals surface area contributed by atoms with E-state index < -0.39 is 0 Å². The van der Waals surface area contributed by atoms with E-state index in [1.807, 2.05) is 59.3 Å². The van der Waals surface area contributed by atoms with Crippen LogP contribution in [0.15, 0.2) is 66.0 Å². The van der Waals surface area contributed by atoms with Crippen molar-refractivity contribution in [1.82, 2.24) is 19.7 Å². The van der Waals surface area contributed by atoms with E-state index in [2.05, 4.69) is 10.1 Å². The van der Waals surface area contributed by atoms with Gasteiger partial charge in [0.1, 0.15) is 5.82 Å². The molecule has 5 nitrogen and oxygen atoms in total. The Hall–Kier alpha value is -2.86. The summed E-state index contributed by atoms with van der Waals surface area (Å²) < 4.78 is 1.93. The van der Waals surface area contributed by atoms with Crippen LogP contribution in [0.3, 0.4) is 0 Å². The molecule has 0 aliphatic heterocycles. The second-order valence-corrected chi connectivity index (χ2v) is 7.68. The minimum atomic E-state index is 0.0847. The monoisotopic (exact) mass is 374 g/mol. The number of carbonyl (C=O) groups excluding carboxylic acids is 1. The normalized spacial score (nSPS) is 13.9. The van der Waals surface area contributed by atoms with Gasteiger partial charge in [0.2, 0.25) is 5.16 Å². The van der Waals surface area contributed by atoms with E-state index in [1.54, 1.807) is 6.20 Å². The van der Waals surface area contributed by atoms with E-state index >= 15 is 0 Å².